The van der Waals surface area contributed by atoms with Gasteiger partial charge in [-0.1, -0.05) is 159 Å². The number of anilines is 6. The molecule has 12 aromatic rings. The van der Waals surface area contributed by atoms with Crippen molar-refractivity contribution in [3.05, 3.63) is 263 Å². The molecule has 0 atom stereocenters. The molecule has 3 aliphatic carbocycles. The first-order chi connectivity index (χ1) is 39.7. The van der Waals surface area contributed by atoms with E-state index in [4.69, 9.17) is 0 Å². The molecular weight excluding hydrogens is 993 g/mol. The molecule has 0 saturated heterocycles. The molecule has 0 saturated carbocycles. The van der Waals surface area contributed by atoms with Gasteiger partial charge in [0.25, 0.3) is 0 Å². The Labute approximate surface area is 480 Å². The van der Waals surface area contributed by atoms with Gasteiger partial charge in [0.05, 0.1) is 44.8 Å². The van der Waals surface area contributed by atoms with Crippen LogP contribution in [0.25, 0.3) is 77.2 Å². The van der Waals surface area contributed by atoms with Crippen LogP contribution in [-0.2, 0) is 21.7 Å². The summed E-state index contributed by atoms with van der Waals surface area (Å²) in [6.45, 7) is 19.6. The zero-order valence-electron chi connectivity index (χ0n) is 48.0. The van der Waals surface area contributed by atoms with Crippen LogP contribution in [0.3, 0.4) is 0 Å². The average molecular weight is 1060 g/mol. The second-order valence-corrected chi connectivity index (χ2v) is 26.0. The highest BCUT2D eigenvalue weighted by Gasteiger charge is 2.47. The van der Waals surface area contributed by atoms with Gasteiger partial charge in [0.15, 0.2) is 0 Å². The number of hydrogen-bond acceptors (Lipinski definition) is 2. The molecule has 4 heteroatoms. The van der Waals surface area contributed by atoms with Crippen LogP contribution < -0.4 is 9.80 Å². The minimum absolute atomic E-state index is 0.255. The van der Waals surface area contributed by atoms with Crippen molar-refractivity contribution in [2.24, 2.45) is 0 Å². The third kappa shape index (κ3) is 6.17. The summed E-state index contributed by atoms with van der Waals surface area (Å²) in [5.41, 5.74) is 30.1. The standard InChI is InChI=1S/C78H64N4/c1-75(2)59-29-17-21-33-71(59)81(49-35-37-69-57(39-49)51-27-15-19-31-67(51)79(69)47-23-11-9-12-24-47)73-45-63-55(43-65(73)75)53-41-62-54(42-61(53)77(63,5)6)56-44-66-74(46-64(56)78(62,7)8)82(72-34-22-18-30-60(72)76(66,3)4)50-36-38-70-58(40-50)52-28-16-20-32-68(52)80(70)48-25-13-10-14-26-48/h9,11-13,15-46H,10,14H2,1-8H3. The first kappa shape index (κ1) is 47.7. The summed E-state index contributed by atoms with van der Waals surface area (Å²) in [5.74, 6) is 0. The van der Waals surface area contributed by atoms with Crippen molar-refractivity contribution in [3.8, 4) is 27.9 Å². The van der Waals surface area contributed by atoms with E-state index in [2.05, 4.69) is 293 Å². The van der Waals surface area contributed by atoms with Gasteiger partial charge in [-0.3, -0.25) is 0 Å². The largest absolute Gasteiger partial charge is 0.310 e. The van der Waals surface area contributed by atoms with E-state index in [9.17, 15) is 0 Å². The lowest BCUT2D eigenvalue weighted by Gasteiger charge is -2.43. The maximum absolute atomic E-state index is 2.61. The maximum Gasteiger partial charge on any atom is 0.0542 e. The van der Waals surface area contributed by atoms with Gasteiger partial charge in [-0.25, -0.2) is 0 Å². The van der Waals surface area contributed by atoms with Crippen molar-refractivity contribution in [3.63, 3.8) is 0 Å². The van der Waals surface area contributed by atoms with E-state index in [0.29, 0.717) is 0 Å². The van der Waals surface area contributed by atoms with Gasteiger partial charge < -0.3 is 18.9 Å². The molecule has 4 nitrogen and oxygen atoms in total. The van der Waals surface area contributed by atoms with E-state index in [1.807, 2.05) is 0 Å². The zero-order chi connectivity index (χ0) is 55.3. The van der Waals surface area contributed by atoms with Gasteiger partial charge in [-0.05, 0) is 195 Å². The highest BCUT2D eigenvalue weighted by molar-refractivity contribution is 6.13. The van der Waals surface area contributed by atoms with Crippen LogP contribution in [0, 0.1) is 0 Å². The predicted octanol–water partition coefficient (Wildman–Crippen LogP) is 20.9. The van der Waals surface area contributed by atoms with Crippen LogP contribution in [0.15, 0.2) is 218 Å². The van der Waals surface area contributed by atoms with Crippen LogP contribution in [0.5, 0.6) is 0 Å². The Morgan fingerprint density at radius 1 is 0.293 bits per heavy atom. The first-order valence-electron chi connectivity index (χ1n) is 29.6. The minimum atomic E-state index is -0.268. The second kappa shape index (κ2) is 16.3. The monoisotopic (exact) mass is 1060 g/mol. The lowest BCUT2D eigenvalue weighted by molar-refractivity contribution is 0.627. The number of fused-ring (bicyclic) bond motifs is 16. The molecule has 0 radical (unpaired) electrons. The fourth-order valence-electron chi connectivity index (χ4n) is 16.0. The zero-order valence-corrected chi connectivity index (χ0v) is 48.0. The summed E-state index contributed by atoms with van der Waals surface area (Å²) < 4.78 is 4.88. The molecule has 396 valence electrons. The van der Waals surface area contributed by atoms with E-state index in [-0.39, 0.29) is 21.7 Å². The number of allylic oxidation sites excluding steroid dienone is 4. The molecule has 5 aliphatic rings. The molecular formula is C78H64N4. The van der Waals surface area contributed by atoms with Gasteiger partial charge in [0.2, 0.25) is 0 Å². The third-order valence-electron chi connectivity index (χ3n) is 20.2. The summed E-state index contributed by atoms with van der Waals surface area (Å²) in [6, 6.07) is 76.8. The Balaban J connectivity index is 0.820. The number of benzene rings is 10. The summed E-state index contributed by atoms with van der Waals surface area (Å²) in [4.78, 5) is 5.14. The highest BCUT2D eigenvalue weighted by atomic mass is 15.2. The lowest BCUT2D eigenvalue weighted by atomic mass is 9.71. The number of rotatable bonds is 4. The van der Waals surface area contributed by atoms with Crippen molar-refractivity contribution in [1.82, 2.24) is 9.13 Å². The Morgan fingerprint density at radius 3 is 1.20 bits per heavy atom. The van der Waals surface area contributed by atoms with Gasteiger partial charge in [0.1, 0.15) is 0 Å². The van der Waals surface area contributed by atoms with Crippen molar-refractivity contribution in [2.75, 3.05) is 9.80 Å². The number of para-hydroxylation sites is 5. The fraction of sp³-hybridized carbons (Fsp3) is 0.179. The fourth-order valence-corrected chi connectivity index (χ4v) is 16.0. The Hall–Kier alpha value is -9.12. The van der Waals surface area contributed by atoms with E-state index < -0.39 is 0 Å². The molecule has 4 heterocycles. The molecule has 0 spiro atoms. The molecule has 2 aromatic heterocycles. The van der Waals surface area contributed by atoms with Crippen LogP contribution in [-0.4, -0.2) is 9.13 Å². The van der Waals surface area contributed by atoms with E-state index in [0.717, 1.165) is 12.8 Å². The quantitative estimate of drug-likeness (QED) is 0.175. The SMILES string of the molecule is CC1(C)c2cc3c(cc2-c2cc4c(cc21)N(c1ccc2c(c1)c1ccccc1n2C1=CCCC=C1)c1ccccc1C4(C)C)C(C)(C)c1cc2c(cc1-3)C(C)(C)c1ccccc1N2c1ccc2c(c1)c1ccccc1n2-c1ccccc1. The molecule has 17 rings (SSSR count). The first-order valence-corrected chi connectivity index (χ1v) is 29.6. The topological polar surface area (TPSA) is 16.3 Å². The summed E-state index contributed by atoms with van der Waals surface area (Å²) >= 11 is 0. The molecule has 0 N–H and O–H groups in total. The smallest absolute Gasteiger partial charge is 0.0542 e. The number of aromatic nitrogens is 2. The second-order valence-electron chi connectivity index (χ2n) is 26.0. The Morgan fingerprint density at radius 2 is 0.695 bits per heavy atom. The normalized spacial score (nSPS) is 17.0. The van der Waals surface area contributed by atoms with Crippen molar-refractivity contribution in [1.29, 1.82) is 0 Å². The van der Waals surface area contributed by atoms with E-state index in [1.54, 1.807) is 0 Å². The van der Waals surface area contributed by atoms with Crippen molar-refractivity contribution >= 4 is 83.4 Å². The van der Waals surface area contributed by atoms with Gasteiger partial charge in [0, 0.05) is 66.0 Å². The van der Waals surface area contributed by atoms with Crippen molar-refractivity contribution < 1.29 is 0 Å². The van der Waals surface area contributed by atoms with Crippen LogP contribution in [0.4, 0.5) is 34.1 Å². The Bertz CT molecular complexity index is 4870. The maximum atomic E-state index is 2.61. The molecule has 2 aliphatic heterocycles. The van der Waals surface area contributed by atoms with Crippen LogP contribution in [0.2, 0.25) is 0 Å². The van der Waals surface area contributed by atoms with Crippen LogP contribution in [0.1, 0.15) is 113 Å². The average Bonchev–Trinajstić information content (AvgIpc) is 1.63. The molecule has 0 fully saturated rings. The predicted molar refractivity (Wildman–Crippen MR) is 345 cm³/mol. The minimum Gasteiger partial charge on any atom is -0.310 e. The molecule has 10 aromatic carbocycles. The lowest BCUT2D eigenvalue weighted by Crippen LogP contribution is -2.31. The third-order valence-corrected chi connectivity index (χ3v) is 20.2. The molecule has 0 unspecified atom stereocenters. The van der Waals surface area contributed by atoms with Gasteiger partial charge in [-0.15, -0.1) is 0 Å². The van der Waals surface area contributed by atoms with Crippen LogP contribution >= 0.6 is 0 Å². The van der Waals surface area contributed by atoms with E-state index in [1.165, 1.54) is 156 Å². The molecule has 82 heavy (non-hydrogen) atoms. The van der Waals surface area contributed by atoms with Crippen molar-refractivity contribution in [2.45, 2.75) is 89.9 Å². The summed E-state index contributed by atoms with van der Waals surface area (Å²) in [6.07, 6.45) is 9.15. The number of hydrogen-bond donors (Lipinski definition) is 0. The van der Waals surface area contributed by atoms with Gasteiger partial charge in [-0.2, -0.15) is 0 Å². The highest BCUT2D eigenvalue weighted by Crippen LogP contribution is 2.63. The Kier molecular flexibility index (Phi) is 9.47. The van der Waals surface area contributed by atoms with E-state index >= 15 is 0 Å². The summed E-state index contributed by atoms with van der Waals surface area (Å²) in [5, 5.41) is 5.06. The van der Waals surface area contributed by atoms with Gasteiger partial charge >= 0.3 is 0 Å². The molecule has 0 amide bonds. The molecule has 0 bridgehead atoms. The number of nitrogens with zero attached hydrogens (tertiary/aromatic N) is 4. The summed E-state index contributed by atoms with van der Waals surface area (Å²) in [7, 11) is 0.